The van der Waals surface area contributed by atoms with E-state index in [1.165, 1.54) is 0 Å². The Morgan fingerprint density at radius 1 is 1.50 bits per heavy atom. The normalized spacial score (nSPS) is 19.1. The van der Waals surface area contributed by atoms with Crippen molar-refractivity contribution in [2.24, 2.45) is 0 Å². The molecule has 1 atom stereocenters. The van der Waals surface area contributed by atoms with Gasteiger partial charge < -0.3 is 15.4 Å². The summed E-state index contributed by atoms with van der Waals surface area (Å²) in [4.78, 5) is 11.9. The third-order valence-electron chi connectivity index (χ3n) is 3.27. The Kier molecular flexibility index (Phi) is 3.89. The number of aromatic nitrogens is 3. The van der Waals surface area contributed by atoms with Crippen LogP contribution in [0.1, 0.15) is 5.82 Å². The average molecular weight is 275 g/mol. The summed E-state index contributed by atoms with van der Waals surface area (Å²) in [6, 6.07) is 5.50. The molecule has 2 aromatic rings. The van der Waals surface area contributed by atoms with Crippen LogP contribution in [0.25, 0.3) is 5.65 Å². The molecule has 1 saturated heterocycles. The molecular formula is C13H17N5O2. The van der Waals surface area contributed by atoms with Crippen LogP contribution in [0, 0.1) is 0 Å². The van der Waals surface area contributed by atoms with E-state index in [1.54, 1.807) is 0 Å². The van der Waals surface area contributed by atoms with E-state index in [0.29, 0.717) is 32.7 Å². The molecule has 2 aromatic heterocycles. The number of morpholine rings is 1. The van der Waals surface area contributed by atoms with Gasteiger partial charge >= 0.3 is 0 Å². The summed E-state index contributed by atoms with van der Waals surface area (Å²) in [7, 11) is 0. The number of nitrogens with zero attached hydrogens (tertiary/aromatic N) is 3. The summed E-state index contributed by atoms with van der Waals surface area (Å²) in [5.41, 5.74) is 0.816. The molecule has 20 heavy (non-hydrogen) atoms. The predicted octanol–water partition coefficient (Wildman–Crippen LogP) is -0.624. The van der Waals surface area contributed by atoms with Crippen LogP contribution in [0.15, 0.2) is 24.4 Å². The highest BCUT2D eigenvalue weighted by molar-refractivity contribution is 5.81. The second kappa shape index (κ2) is 5.98. The van der Waals surface area contributed by atoms with Gasteiger partial charge in [-0.1, -0.05) is 6.07 Å². The van der Waals surface area contributed by atoms with Crippen molar-refractivity contribution in [3.8, 4) is 0 Å². The molecule has 7 heteroatoms. The van der Waals surface area contributed by atoms with Gasteiger partial charge in [0.05, 0.1) is 13.2 Å². The molecule has 0 spiro atoms. The van der Waals surface area contributed by atoms with Gasteiger partial charge in [-0.05, 0) is 12.1 Å². The molecule has 2 N–H and O–H groups in total. The molecule has 7 nitrogen and oxygen atoms in total. The predicted molar refractivity (Wildman–Crippen MR) is 72.3 cm³/mol. The SMILES string of the molecule is O=C(NCCc1nnc2ccccn12)C1COCCN1. The Labute approximate surface area is 116 Å². The van der Waals surface area contributed by atoms with Crippen molar-refractivity contribution in [1.29, 1.82) is 0 Å². The number of pyridine rings is 1. The quantitative estimate of drug-likeness (QED) is 0.777. The maximum absolute atomic E-state index is 11.9. The molecule has 0 radical (unpaired) electrons. The van der Waals surface area contributed by atoms with Gasteiger partial charge in [0.25, 0.3) is 0 Å². The zero-order chi connectivity index (χ0) is 13.8. The molecule has 0 saturated carbocycles. The van der Waals surface area contributed by atoms with Gasteiger partial charge in [-0.25, -0.2) is 0 Å². The van der Waals surface area contributed by atoms with Crippen molar-refractivity contribution in [1.82, 2.24) is 25.2 Å². The van der Waals surface area contributed by atoms with Crippen molar-refractivity contribution in [3.63, 3.8) is 0 Å². The fourth-order valence-corrected chi connectivity index (χ4v) is 2.22. The summed E-state index contributed by atoms with van der Waals surface area (Å²) in [5, 5.41) is 14.2. The second-order valence-electron chi connectivity index (χ2n) is 4.67. The second-order valence-corrected chi connectivity index (χ2v) is 4.67. The lowest BCUT2D eigenvalue weighted by molar-refractivity contribution is -0.125. The minimum atomic E-state index is -0.251. The van der Waals surface area contributed by atoms with E-state index in [0.717, 1.165) is 11.5 Å². The monoisotopic (exact) mass is 275 g/mol. The molecule has 1 unspecified atom stereocenters. The Bertz CT molecular complexity index is 591. The van der Waals surface area contributed by atoms with Crippen molar-refractivity contribution in [2.75, 3.05) is 26.3 Å². The molecule has 3 heterocycles. The van der Waals surface area contributed by atoms with E-state index >= 15 is 0 Å². The van der Waals surface area contributed by atoms with E-state index in [4.69, 9.17) is 4.74 Å². The Morgan fingerprint density at radius 3 is 3.30 bits per heavy atom. The number of nitrogens with one attached hydrogen (secondary N) is 2. The number of rotatable bonds is 4. The summed E-state index contributed by atoms with van der Waals surface area (Å²) >= 11 is 0. The van der Waals surface area contributed by atoms with Crippen molar-refractivity contribution in [3.05, 3.63) is 30.2 Å². The third kappa shape index (κ3) is 2.78. The highest BCUT2D eigenvalue weighted by atomic mass is 16.5. The summed E-state index contributed by atoms with van der Waals surface area (Å²) in [6.45, 7) is 2.34. The fraction of sp³-hybridized carbons (Fsp3) is 0.462. The van der Waals surface area contributed by atoms with Crippen LogP contribution >= 0.6 is 0 Å². The first-order valence-electron chi connectivity index (χ1n) is 6.72. The lowest BCUT2D eigenvalue weighted by Gasteiger charge is -2.22. The van der Waals surface area contributed by atoms with Crippen LogP contribution < -0.4 is 10.6 Å². The van der Waals surface area contributed by atoms with E-state index in [9.17, 15) is 4.79 Å². The molecule has 1 aliphatic heterocycles. The number of fused-ring (bicyclic) bond motifs is 1. The van der Waals surface area contributed by atoms with Gasteiger partial charge in [-0.15, -0.1) is 10.2 Å². The first kappa shape index (κ1) is 13.0. The number of hydrogen-bond acceptors (Lipinski definition) is 5. The maximum Gasteiger partial charge on any atom is 0.239 e. The Balaban J connectivity index is 1.53. The molecular weight excluding hydrogens is 258 g/mol. The Morgan fingerprint density at radius 2 is 2.45 bits per heavy atom. The number of ether oxygens (including phenoxy) is 1. The number of carbonyl (C=O) groups is 1. The molecule has 3 rings (SSSR count). The highest BCUT2D eigenvalue weighted by Gasteiger charge is 2.20. The van der Waals surface area contributed by atoms with Gasteiger partial charge in [0.1, 0.15) is 11.9 Å². The van der Waals surface area contributed by atoms with Crippen LogP contribution in [-0.2, 0) is 16.0 Å². The average Bonchev–Trinajstić information content (AvgIpc) is 2.92. The zero-order valence-corrected chi connectivity index (χ0v) is 11.1. The summed E-state index contributed by atoms with van der Waals surface area (Å²) in [5.74, 6) is 0.812. The third-order valence-corrected chi connectivity index (χ3v) is 3.27. The molecule has 1 aliphatic rings. The highest BCUT2D eigenvalue weighted by Crippen LogP contribution is 2.03. The van der Waals surface area contributed by atoms with Crippen LogP contribution in [0.5, 0.6) is 0 Å². The lowest BCUT2D eigenvalue weighted by atomic mass is 10.2. The standard InChI is InChI=1S/C13H17N5O2/c19-13(10-9-20-8-6-14-10)15-5-4-12-17-16-11-3-1-2-7-18(11)12/h1-3,7,10,14H,4-6,8-9H2,(H,15,19). The summed E-state index contributed by atoms with van der Waals surface area (Å²) < 4.78 is 7.19. The van der Waals surface area contributed by atoms with Gasteiger partial charge in [0, 0.05) is 25.7 Å². The van der Waals surface area contributed by atoms with Gasteiger partial charge in [-0.3, -0.25) is 9.20 Å². The number of hydrogen-bond donors (Lipinski definition) is 2. The molecule has 0 bridgehead atoms. The fourth-order valence-electron chi connectivity index (χ4n) is 2.22. The van der Waals surface area contributed by atoms with Gasteiger partial charge in [0.2, 0.25) is 5.91 Å². The molecule has 106 valence electrons. The van der Waals surface area contributed by atoms with Gasteiger partial charge in [-0.2, -0.15) is 0 Å². The number of amides is 1. The van der Waals surface area contributed by atoms with Crippen LogP contribution in [-0.4, -0.2) is 52.9 Å². The van der Waals surface area contributed by atoms with E-state index in [2.05, 4.69) is 20.8 Å². The molecule has 0 aromatic carbocycles. The minimum absolute atomic E-state index is 0.0291. The minimum Gasteiger partial charge on any atom is -0.378 e. The smallest absolute Gasteiger partial charge is 0.239 e. The largest absolute Gasteiger partial charge is 0.378 e. The molecule has 1 fully saturated rings. The van der Waals surface area contributed by atoms with E-state index in [1.807, 2.05) is 28.8 Å². The van der Waals surface area contributed by atoms with Crippen molar-refractivity contribution < 1.29 is 9.53 Å². The molecule has 0 aliphatic carbocycles. The first-order valence-corrected chi connectivity index (χ1v) is 6.72. The number of carbonyl (C=O) groups excluding carboxylic acids is 1. The lowest BCUT2D eigenvalue weighted by Crippen LogP contribution is -2.51. The van der Waals surface area contributed by atoms with Crippen molar-refractivity contribution >= 4 is 11.6 Å². The van der Waals surface area contributed by atoms with Crippen LogP contribution in [0.4, 0.5) is 0 Å². The zero-order valence-electron chi connectivity index (χ0n) is 11.1. The molecule has 1 amide bonds. The van der Waals surface area contributed by atoms with Crippen molar-refractivity contribution in [2.45, 2.75) is 12.5 Å². The summed E-state index contributed by atoms with van der Waals surface area (Å²) in [6.07, 6.45) is 2.56. The van der Waals surface area contributed by atoms with E-state index in [-0.39, 0.29) is 11.9 Å². The Hall–Kier alpha value is -1.99. The van der Waals surface area contributed by atoms with Gasteiger partial charge in [0.15, 0.2) is 5.65 Å². The topological polar surface area (TPSA) is 80.6 Å². The van der Waals surface area contributed by atoms with Crippen LogP contribution in [0.3, 0.4) is 0 Å². The van der Waals surface area contributed by atoms with E-state index < -0.39 is 0 Å². The van der Waals surface area contributed by atoms with Crippen LogP contribution in [0.2, 0.25) is 0 Å². The maximum atomic E-state index is 11.9. The first-order chi connectivity index (χ1) is 9.84.